The van der Waals surface area contributed by atoms with Gasteiger partial charge in [-0.15, -0.1) is 53.6 Å². The molecule has 2 heterocycles. The fourth-order valence-electron chi connectivity index (χ4n) is 4.11. The Hall–Kier alpha value is -4.02. The maximum absolute atomic E-state index is 13.3. The van der Waals surface area contributed by atoms with E-state index in [0.717, 1.165) is 23.5 Å². The second-order valence-corrected chi connectivity index (χ2v) is 9.11. The van der Waals surface area contributed by atoms with E-state index < -0.39 is 46.5 Å². The number of aryl methyl sites for hydroxylation is 1. The average molecular weight is 795 g/mol. The molecule has 12 heteroatoms. The average Bonchev–Trinajstić information content (AvgIpc) is 2.97. The van der Waals surface area contributed by atoms with Gasteiger partial charge in [0.05, 0.1) is 0 Å². The van der Waals surface area contributed by atoms with Gasteiger partial charge in [0.15, 0.2) is 0 Å². The molecule has 0 aliphatic carbocycles. The van der Waals surface area contributed by atoms with Crippen molar-refractivity contribution >= 4 is 0 Å². The van der Waals surface area contributed by atoms with Gasteiger partial charge < -0.3 is 9.97 Å². The van der Waals surface area contributed by atoms with E-state index >= 15 is 0 Å². The van der Waals surface area contributed by atoms with Gasteiger partial charge in [-0.2, -0.15) is 39.5 Å². The van der Waals surface area contributed by atoms with Crippen molar-refractivity contribution in [3.05, 3.63) is 132 Å². The summed E-state index contributed by atoms with van der Waals surface area (Å²) in [6.45, 7) is 1.53. The molecule has 0 saturated carbocycles. The standard InChI is InChI=1S/C17H12N.C15H7F9N.Ir/c1-3-7-14(8-4-1)16-11-12-18-17(13-16)15-9-5-2-6-10-15;1-7-2-5-10(25-6-7)8-3-4-9(13(16,17)18)12(15(22,23)24)11(8)14(19,20)21;/h1-9,11-13H;2,4-6H,1H3;/q2*-1;. The first-order chi connectivity index (χ1) is 20.2. The van der Waals surface area contributed by atoms with Gasteiger partial charge in [0.1, 0.15) is 0 Å². The molecule has 0 unspecified atom stereocenters. The van der Waals surface area contributed by atoms with Gasteiger partial charge in [0, 0.05) is 32.5 Å². The van der Waals surface area contributed by atoms with Crippen LogP contribution in [0.2, 0.25) is 0 Å². The molecule has 0 aliphatic rings. The number of benzene rings is 3. The van der Waals surface area contributed by atoms with Crippen LogP contribution in [0.4, 0.5) is 39.5 Å². The Morgan fingerprint density at radius 1 is 0.614 bits per heavy atom. The molecule has 2 nitrogen and oxygen atoms in total. The van der Waals surface area contributed by atoms with Crippen molar-refractivity contribution in [2.24, 2.45) is 0 Å². The largest absolute Gasteiger partial charge is 0.401 e. The van der Waals surface area contributed by atoms with Crippen molar-refractivity contribution in [2.75, 3.05) is 0 Å². The number of rotatable bonds is 3. The van der Waals surface area contributed by atoms with Crippen molar-refractivity contribution in [2.45, 2.75) is 25.5 Å². The van der Waals surface area contributed by atoms with Crippen molar-refractivity contribution in [3.8, 4) is 33.6 Å². The minimum Gasteiger partial charge on any atom is -0.305 e. The van der Waals surface area contributed by atoms with Crippen LogP contribution in [0.5, 0.6) is 0 Å². The van der Waals surface area contributed by atoms with Gasteiger partial charge in [0.25, 0.3) is 0 Å². The number of pyridine rings is 2. The topological polar surface area (TPSA) is 25.8 Å². The molecule has 231 valence electrons. The van der Waals surface area contributed by atoms with Crippen LogP contribution in [-0.4, -0.2) is 9.97 Å². The summed E-state index contributed by atoms with van der Waals surface area (Å²) in [5.41, 5.74) is -4.63. The molecule has 0 saturated heterocycles. The smallest absolute Gasteiger partial charge is 0.305 e. The predicted molar refractivity (Wildman–Crippen MR) is 142 cm³/mol. The third kappa shape index (κ3) is 8.33. The van der Waals surface area contributed by atoms with Gasteiger partial charge in [-0.25, -0.2) is 0 Å². The Bertz CT molecular complexity index is 1610. The molecule has 0 fully saturated rings. The van der Waals surface area contributed by atoms with E-state index in [1.54, 1.807) is 6.07 Å². The zero-order valence-corrected chi connectivity index (χ0v) is 24.8. The summed E-state index contributed by atoms with van der Waals surface area (Å²) >= 11 is 0. The number of nitrogens with zero attached hydrogens (tertiary/aromatic N) is 2. The zero-order valence-electron chi connectivity index (χ0n) is 22.4. The number of alkyl halides is 9. The summed E-state index contributed by atoms with van der Waals surface area (Å²) in [7, 11) is 0. The molecule has 2 aromatic heterocycles. The Balaban J connectivity index is 0.000000246. The van der Waals surface area contributed by atoms with Gasteiger partial charge in [-0.3, -0.25) is 0 Å². The summed E-state index contributed by atoms with van der Waals surface area (Å²) in [4.78, 5) is 7.96. The number of hydrogen-bond acceptors (Lipinski definition) is 2. The summed E-state index contributed by atoms with van der Waals surface area (Å²) in [5.74, 6) is 0. The molecule has 3 aromatic carbocycles. The number of aromatic nitrogens is 2. The number of halogens is 9. The Kier molecular flexibility index (Phi) is 10.8. The van der Waals surface area contributed by atoms with Crippen LogP contribution in [0.1, 0.15) is 22.3 Å². The summed E-state index contributed by atoms with van der Waals surface area (Å²) in [6.07, 6.45) is -14.3. The molecule has 0 aliphatic heterocycles. The van der Waals surface area contributed by atoms with E-state index in [-0.39, 0.29) is 26.2 Å². The summed E-state index contributed by atoms with van der Waals surface area (Å²) < 4.78 is 118. The van der Waals surface area contributed by atoms with Crippen LogP contribution in [0.25, 0.3) is 33.6 Å². The van der Waals surface area contributed by atoms with Gasteiger partial charge in [0.2, 0.25) is 0 Å². The van der Waals surface area contributed by atoms with Crippen molar-refractivity contribution < 1.29 is 59.6 Å². The molecule has 0 N–H and O–H groups in total. The quantitative estimate of drug-likeness (QED) is 0.134. The first-order valence-electron chi connectivity index (χ1n) is 12.4. The predicted octanol–water partition coefficient (Wildman–Crippen LogP) is 10.1. The fraction of sp³-hybridized carbons (Fsp3) is 0.125. The molecule has 0 amide bonds. The van der Waals surface area contributed by atoms with Crippen LogP contribution in [0.3, 0.4) is 0 Å². The van der Waals surface area contributed by atoms with E-state index in [4.69, 9.17) is 0 Å². The Morgan fingerprint density at radius 2 is 1.27 bits per heavy atom. The van der Waals surface area contributed by atoms with Crippen molar-refractivity contribution in [1.29, 1.82) is 0 Å². The first-order valence-corrected chi connectivity index (χ1v) is 12.4. The number of hydrogen-bond donors (Lipinski definition) is 0. The second-order valence-electron chi connectivity index (χ2n) is 9.11. The van der Waals surface area contributed by atoms with Crippen molar-refractivity contribution in [3.63, 3.8) is 0 Å². The van der Waals surface area contributed by atoms with Gasteiger partial charge in [-0.1, -0.05) is 48.5 Å². The van der Waals surface area contributed by atoms with E-state index in [2.05, 4.69) is 34.2 Å². The van der Waals surface area contributed by atoms with E-state index in [9.17, 15) is 39.5 Å². The van der Waals surface area contributed by atoms with Crippen LogP contribution in [0.15, 0.2) is 97.3 Å². The third-order valence-corrected chi connectivity index (χ3v) is 6.02. The molecular weight excluding hydrogens is 776 g/mol. The maximum Gasteiger partial charge on any atom is 0.401 e. The molecule has 0 spiro atoms. The molecule has 1 radical (unpaired) electrons. The molecular formula is C32H19F9IrN2-2. The van der Waals surface area contributed by atoms with E-state index in [0.29, 0.717) is 5.56 Å². The molecule has 5 rings (SSSR count). The van der Waals surface area contributed by atoms with Gasteiger partial charge >= 0.3 is 18.5 Å². The zero-order chi connectivity index (χ0) is 31.4. The Labute approximate surface area is 260 Å². The third-order valence-electron chi connectivity index (χ3n) is 6.02. The van der Waals surface area contributed by atoms with E-state index in [1.807, 2.05) is 54.7 Å². The minimum atomic E-state index is -5.88. The fourth-order valence-corrected chi connectivity index (χ4v) is 4.11. The minimum absolute atomic E-state index is 0. The first kappa shape index (κ1) is 34.5. The normalized spacial score (nSPS) is 11.7. The Morgan fingerprint density at radius 3 is 1.82 bits per heavy atom. The molecule has 0 atom stereocenters. The monoisotopic (exact) mass is 795 g/mol. The molecule has 5 aromatic rings. The maximum atomic E-state index is 13.3. The van der Waals surface area contributed by atoms with Crippen LogP contribution in [0, 0.1) is 19.1 Å². The second kappa shape index (κ2) is 13.7. The summed E-state index contributed by atoms with van der Waals surface area (Å²) in [5, 5.41) is 0. The van der Waals surface area contributed by atoms with Crippen LogP contribution < -0.4 is 0 Å². The molecule has 44 heavy (non-hydrogen) atoms. The SMILES string of the molecule is Cc1ccc(-c2[c-]cc(C(F)(F)F)c(C(F)(F)F)c2C(F)(F)F)nc1.[Ir].[c-]1ccccc1-c1cc(-c2ccccc2)ccn1. The van der Waals surface area contributed by atoms with Crippen LogP contribution >= 0.6 is 0 Å². The van der Waals surface area contributed by atoms with E-state index in [1.165, 1.54) is 24.1 Å². The molecule has 0 bridgehead atoms. The van der Waals surface area contributed by atoms with Crippen LogP contribution in [-0.2, 0) is 38.6 Å². The van der Waals surface area contributed by atoms with Crippen molar-refractivity contribution in [1.82, 2.24) is 9.97 Å². The van der Waals surface area contributed by atoms with Gasteiger partial charge in [-0.05, 0) is 57.8 Å². The summed E-state index contributed by atoms with van der Waals surface area (Å²) in [6, 6.07) is 29.3.